The minimum atomic E-state index is 0.697. The van der Waals surface area contributed by atoms with Gasteiger partial charge in [-0.2, -0.15) is 5.26 Å². The molecule has 1 aliphatic rings. The van der Waals surface area contributed by atoms with Gasteiger partial charge in [0.1, 0.15) is 0 Å². The van der Waals surface area contributed by atoms with Gasteiger partial charge in [-0.05, 0) is 60.2 Å². The second kappa shape index (κ2) is 5.16. The highest BCUT2D eigenvalue weighted by Crippen LogP contribution is 2.23. The zero-order valence-electron chi connectivity index (χ0n) is 10.8. The van der Waals surface area contributed by atoms with Crippen molar-refractivity contribution in [3.05, 3.63) is 64.7 Å². The zero-order chi connectivity index (χ0) is 13.1. The molecule has 3 rings (SSSR count). The van der Waals surface area contributed by atoms with E-state index in [2.05, 4.69) is 29.6 Å². The second-order valence-electron chi connectivity index (χ2n) is 5.00. The molecule has 1 aliphatic carbocycles. The molecular weight excluding hydrogens is 232 g/mol. The monoisotopic (exact) mass is 248 g/mol. The lowest BCUT2D eigenvalue weighted by atomic mass is 10.1. The molecule has 0 unspecified atom stereocenters. The summed E-state index contributed by atoms with van der Waals surface area (Å²) in [6, 6.07) is 16.5. The Morgan fingerprint density at radius 2 is 1.79 bits per heavy atom. The first-order chi connectivity index (χ1) is 9.35. The maximum absolute atomic E-state index is 8.76. The van der Waals surface area contributed by atoms with Crippen LogP contribution in [-0.4, -0.2) is 0 Å². The van der Waals surface area contributed by atoms with Gasteiger partial charge in [0.2, 0.25) is 0 Å². The highest BCUT2D eigenvalue weighted by molar-refractivity contribution is 5.48. The van der Waals surface area contributed by atoms with Crippen LogP contribution in [0.1, 0.15) is 28.7 Å². The van der Waals surface area contributed by atoms with Crippen LogP contribution >= 0.6 is 0 Å². The van der Waals surface area contributed by atoms with E-state index in [4.69, 9.17) is 5.26 Å². The summed E-state index contributed by atoms with van der Waals surface area (Å²) in [6.45, 7) is 0.833. The molecule has 0 fully saturated rings. The fourth-order valence-corrected chi connectivity index (χ4v) is 2.60. The van der Waals surface area contributed by atoms with Crippen molar-refractivity contribution in [3.8, 4) is 6.07 Å². The molecule has 2 aromatic carbocycles. The Morgan fingerprint density at radius 3 is 2.58 bits per heavy atom. The van der Waals surface area contributed by atoms with Crippen LogP contribution in [0, 0.1) is 11.3 Å². The molecule has 94 valence electrons. The summed E-state index contributed by atoms with van der Waals surface area (Å²) in [5, 5.41) is 12.1. The molecule has 0 saturated carbocycles. The molecule has 0 atom stereocenters. The van der Waals surface area contributed by atoms with Crippen LogP contribution < -0.4 is 5.32 Å². The highest BCUT2D eigenvalue weighted by Gasteiger charge is 2.10. The molecule has 0 amide bonds. The lowest BCUT2D eigenvalue weighted by molar-refractivity contribution is 0.911. The van der Waals surface area contributed by atoms with Gasteiger partial charge in [-0.3, -0.25) is 0 Å². The van der Waals surface area contributed by atoms with Crippen molar-refractivity contribution in [1.29, 1.82) is 5.26 Å². The average Bonchev–Trinajstić information content (AvgIpc) is 2.93. The van der Waals surface area contributed by atoms with E-state index in [0.717, 1.165) is 12.2 Å². The van der Waals surface area contributed by atoms with E-state index in [0.29, 0.717) is 5.56 Å². The summed E-state index contributed by atoms with van der Waals surface area (Å²) in [6.07, 6.45) is 3.75. The molecule has 19 heavy (non-hydrogen) atoms. The molecule has 0 heterocycles. The number of benzene rings is 2. The average molecular weight is 248 g/mol. The van der Waals surface area contributed by atoms with Gasteiger partial charge >= 0.3 is 0 Å². The third-order valence-corrected chi connectivity index (χ3v) is 3.67. The van der Waals surface area contributed by atoms with E-state index in [-0.39, 0.29) is 0 Å². The highest BCUT2D eigenvalue weighted by atomic mass is 14.9. The van der Waals surface area contributed by atoms with Gasteiger partial charge < -0.3 is 5.32 Å². The number of rotatable bonds is 3. The van der Waals surface area contributed by atoms with Crippen molar-refractivity contribution in [2.45, 2.75) is 25.8 Å². The first-order valence-electron chi connectivity index (χ1n) is 6.70. The van der Waals surface area contributed by atoms with E-state index in [1.165, 1.54) is 36.0 Å². The fraction of sp³-hybridized carbons (Fsp3) is 0.235. The van der Waals surface area contributed by atoms with Gasteiger partial charge in [-0.25, -0.2) is 0 Å². The predicted octanol–water partition coefficient (Wildman–Crippen LogP) is 3.66. The summed E-state index contributed by atoms with van der Waals surface area (Å²) >= 11 is 0. The predicted molar refractivity (Wildman–Crippen MR) is 77.0 cm³/mol. The van der Waals surface area contributed by atoms with Crippen molar-refractivity contribution in [2.24, 2.45) is 0 Å². The molecule has 2 nitrogen and oxygen atoms in total. The normalized spacial score (nSPS) is 12.8. The van der Waals surface area contributed by atoms with Crippen LogP contribution in [-0.2, 0) is 19.4 Å². The number of anilines is 1. The van der Waals surface area contributed by atoms with E-state index in [1.807, 2.05) is 24.3 Å². The fourth-order valence-electron chi connectivity index (χ4n) is 2.60. The van der Waals surface area contributed by atoms with Gasteiger partial charge in [-0.1, -0.05) is 18.2 Å². The third-order valence-electron chi connectivity index (χ3n) is 3.67. The van der Waals surface area contributed by atoms with Crippen molar-refractivity contribution < 1.29 is 0 Å². The Kier molecular flexibility index (Phi) is 3.20. The number of hydrogen-bond donors (Lipinski definition) is 1. The van der Waals surface area contributed by atoms with Crippen LogP contribution in [0.15, 0.2) is 42.5 Å². The molecule has 2 aromatic rings. The van der Waals surface area contributed by atoms with E-state index >= 15 is 0 Å². The van der Waals surface area contributed by atoms with Crippen LogP contribution in [0.3, 0.4) is 0 Å². The Morgan fingerprint density at radius 1 is 1.00 bits per heavy atom. The SMILES string of the molecule is N#Cc1ccc(NCc2ccc3c(c2)CCC3)cc1. The Bertz CT molecular complexity index is 621. The largest absolute Gasteiger partial charge is 0.381 e. The summed E-state index contributed by atoms with van der Waals surface area (Å²) < 4.78 is 0. The standard InChI is InChI=1S/C17H16N2/c18-11-13-5-8-17(9-6-13)19-12-14-4-7-15-2-1-3-16(15)10-14/h4-10,19H,1-3,12H2. The molecule has 0 saturated heterocycles. The number of nitrogens with zero attached hydrogens (tertiary/aromatic N) is 1. The van der Waals surface area contributed by atoms with E-state index < -0.39 is 0 Å². The Labute approximate surface area is 113 Å². The van der Waals surface area contributed by atoms with Gasteiger partial charge in [0.15, 0.2) is 0 Å². The molecule has 0 radical (unpaired) electrons. The summed E-state index contributed by atoms with van der Waals surface area (Å²) in [7, 11) is 0. The Balaban J connectivity index is 1.67. The lowest BCUT2D eigenvalue weighted by Gasteiger charge is -2.08. The molecule has 0 bridgehead atoms. The maximum atomic E-state index is 8.76. The smallest absolute Gasteiger partial charge is 0.0991 e. The van der Waals surface area contributed by atoms with E-state index in [9.17, 15) is 0 Å². The summed E-state index contributed by atoms with van der Waals surface area (Å²) in [5.74, 6) is 0. The minimum Gasteiger partial charge on any atom is -0.381 e. The first-order valence-corrected chi connectivity index (χ1v) is 6.70. The summed E-state index contributed by atoms with van der Waals surface area (Å²) in [5.41, 5.74) is 6.11. The van der Waals surface area contributed by atoms with Crippen molar-refractivity contribution >= 4 is 5.69 Å². The van der Waals surface area contributed by atoms with Crippen molar-refractivity contribution in [2.75, 3.05) is 5.32 Å². The molecule has 2 heteroatoms. The molecule has 0 aromatic heterocycles. The molecule has 0 aliphatic heterocycles. The second-order valence-corrected chi connectivity index (χ2v) is 5.00. The minimum absolute atomic E-state index is 0.697. The summed E-state index contributed by atoms with van der Waals surface area (Å²) in [4.78, 5) is 0. The van der Waals surface area contributed by atoms with Gasteiger partial charge in [0.05, 0.1) is 11.6 Å². The number of nitrogens with one attached hydrogen (secondary N) is 1. The first kappa shape index (κ1) is 11.8. The van der Waals surface area contributed by atoms with Crippen LogP contribution in [0.25, 0.3) is 0 Å². The number of nitriles is 1. The Hall–Kier alpha value is -2.27. The van der Waals surface area contributed by atoms with Crippen LogP contribution in [0.2, 0.25) is 0 Å². The number of hydrogen-bond acceptors (Lipinski definition) is 2. The topological polar surface area (TPSA) is 35.8 Å². The quantitative estimate of drug-likeness (QED) is 0.899. The van der Waals surface area contributed by atoms with Crippen molar-refractivity contribution in [1.82, 2.24) is 0 Å². The van der Waals surface area contributed by atoms with Gasteiger partial charge in [0, 0.05) is 12.2 Å². The van der Waals surface area contributed by atoms with Gasteiger partial charge in [0.25, 0.3) is 0 Å². The molecule has 0 spiro atoms. The number of aryl methyl sites for hydroxylation is 2. The number of fused-ring (bicyclic) bond motifs is 1. The molecular formula is C17H16N2. The zero-order valence-corrected chi connectivity index (χ0v) is 10.8. The lowest BCUT2D eigenvalue weighted by Crippen LogP contribution is -2.00. The third kappa shape index (κ3) is 2.61. The van der Waals surface area contributed by atoms with Gasteiger partial charge in [-0.15, -0.1) is 0 Å². The maximum Gasteiger partial charge on any atom is 0.0991 e. The van der Waals surface area contributed by atoms with Crippen molar-refractivity contribution in [3.63, 3.8) is 0 Å². The molecule has 1 N–H and O–H groups in total. The van der Waals surface area contributed by atoms with Crippen LogP contribution in [0.4, 0.5) is 5.69 Å². The van der Waals surface area contributed by atoms with Crippen LogP contribution in [0.5, 0.6) is 0 Å². The van der Waals surface area contributed by atoms with E-state index in [1.54, 1.807) is 0 Å².